The lowest BCUT2D eigenvalue weighted by Gasteiger charge is -2.02. The van der Waals surface area contributed by atoms with Crippen molar-refractivity contribution in [2.45, 2.75) is 4.90 Å². The highest BCUT2D eigenvalue weighted by Gasteiger charge is 2.02. The van der Waals surface area contributed by atoms with Gasteiger partial charge in [0.1, 0.15) is 6.07 Å². The molecule has 0 unspecified atom stereocenters. The Morgan fingerprint density at radius 3 is 2.37 bits per heavy atom. The summed E-state index contributed by atoms with van der Waals surface area (Å²) in [5.74, 6) is 0. The average Bonchev–Trinajstić information content (AvgIpc) is 2.43. The van der Waals surface area contributed by atoms with Crippen molar-refractivity contribution in [2.24, 2.45) is 0 Å². The molecule has 0 heterocycles. The fourth-order valence-electron chi connectivity index (χ4n) is 1.45. The number of nitrogens with zero attached hydrogens (tertiary/aromatic N) is 1. The fraction of sp³-hybridized carbons (Fsp3) is 0. The molecule has 0 saturated heterocycles. The van der Waals surface area contributed by atoms with E-state index in [4.69, 9.17) is 0 Å². The zero-order valence-corrected chi connectivity index (χ0v) is 13.8. The van der Waals surface area contributed by atoms with Crippen molar-refractivity contribution >= 4 is 49.7 Å². The molecule has 0 fully saturated rings. The summed E-state index contributed by atoms with van der Waals surface area (Å²) in [7, 11) is 0. The first-order valence-electron chi connectivity index (χ1n) is 5.49. The maximum absolute atomic E-state index is 9.23. The molecule has 2 aromatic rings. The van der Waals surface area contributed by atoms with E-state index in [-0.39, 0.29) is 0 Å². The summed E-state index contributed by atoms with van der Waals surface area (Å²) in [6.45, 7) is 0. The second-order valence-electron chi connectivity index (χ2n) is 3.70. The lowest BCUT2D eigenvalue weighted by Crippen LogP contribution is -1.78. The second-order valence-corrected chi connectivity index (χ2v) is 6.58. The zero-order chi connectivity index (χ0) is 13.7. The molecule has 2 rings (SSSR count). The Hall–Kier alpha value is -1.02. The van der Waals surface area contributed by atoms with Gasteiger partial charge in [0.15, 0.2) is 0 Å². The van der Waals surface area contributed by atoms with Crippen molar-refractivity contribution in [3.8, 4) is 6.07 Å². The molecule has 0 atom stereocenters. The molecule has 19 heavy (non-hydrogen) atoms. The summed E-state index contributed by atoms with van der Waals surface area (Å²) in [4.78, 5) is 1.71. The van der Waals surface area contributed by atoms with Gasteiger partial charge in [0.25, 0.3) is 0 Å². The molecule has 94 valence electrons. The van der Waals surface area contributed by atoms with Crippen molar-refractivity contribution in [2.75, 3.05) is 0 Å². The molecular formula is C15H9Br2NS. The molecule has 0 spiro atoms. The lowest BCUT2D eigenvalue weighted by molar-refractivity contribution is 1.44. The molecule has 0 aliphatic carbocycles. The van der Waals surface area contributed by atoms with Crippen LogP contribution >= 0.6 is 43.6 Å². The van der Waals surface area contributed by atoms with Crippen LogP contribution in [0, 0.1) is 11.3 Å². The van der Waals surface area contributed by atoms with Crippen LogP contribution in [-0.2, 0) is 0 Å². The Bertz CT molecular complexity index is 642. The van der Waals surface area contributed by atoms with Crippen LogP contribution in [-0.4, -0.2) is 0 Å². The van der Waals surface area contributed by atoms with E-state index in [0.717, 1.165) is 19.4 Å². The quantitative estimate of drug-likeness (QED) is 0.480. The molecular weight excluding hydrogens is 386 g/mol. The van der Waals surface area contributed by atoms with Gasteiger partial charge in [0, 0.05) is 13.8 Å². The van der Waals surface area contributed by atoms with Gasteiger partial charge in [-0.25, -0.2) is 0 Å². The lowest BCUT2D eigenvalue weighted by atomic mass is 10.2. The number of halogens is 2. The Labute approximate surface area is 133 Å². The van der Waals surface area contributed by atoms with Crippen LogP contribution in [0.15, 0.2) is 67.3 Å². The monoisotopic (exact) mass is 393 g/mol. The van der Waals surface area contributed by atoms with Crippen LogP contribution in [0.5, 0.6) is 0 Å². The number of allylic oxidation sites excluding steroid dienone is 1. The van der Waals surface area contributed by atoms with Crippen LogP contribution in [0.3, 0.4) is 0 Å². The average molecular weight is 395 g/mol. The first-order valence-corrected chi connectivity index (χ1v) is 7.89. The van der Waals surface area contributed by atoms with Gasteiger partial charge in [-0.05, 0) is 42.0 Å². The van der Waals surface area contributed by atoms with Gasteiger partial charge < -0.3 is 0 Å². The Morgan fingerprint density at radius 2 is 1.74 bits per heavy atom. The number of thioether (sulfide) groups is 1. The summed E-state index contributed by atoms with van der Waals surface area (Å²) in [6, 6.07) is 18.0. The predicted octanol–water partition coefficient (Wildman–Crippen LogP) is 5.87. The number of nitriles is 1. The Morgan fingerprint density at radius 1 is 1.05 bits per heavy atom. The van der Waals surface area contributed by atoms with E-state index >= 15 is 0 Å². The summed E-state index contributed by atoms with van der Waals surface area (Å²) in [5.41, 5.74) is 1.00. The first kappa shape index (κ1) is 14.4. The molecule has 0 aromatic heterocycles. The molecule has 0 aliphatic heterocycles. The minimum absolute atomic E-state index is 0.661. The van der Waals surface area contributed by atoms with Crippen molar-refractivity contribution in [3.63, 3.8) is 0 Å². The highest BCUT2D eigenvalue weighted by atomic mass is 79.9. The van der Waals surface area contributed by atoms with Crippen LogP contribution in [0.1, 0.15) is 5.56 Å². The molecule has 0 bridgehead atoms. The van der Waals surface area contributed by atoms with Gasteiger partial charge >= 0.3 is 0 Å². The van der Waals surface area contributed by atoms with E-state index < -0.39 is 0 Å². The topological polar surface area (TPSA) is 23.8 Å². The summed E-state index contributed by atoms with van der Waals surface area (Å²) >= 11 is 8.34. The van der Waals surface area contributed by atoms with Gasteiger partial charge in [-0.15, -0.1) is 0 Å². The van der Waals surface area contributed by atoms with Crippen molar-refractivity contribution in [3.05, 3.63) is 67.9 Å². The van der Waals surface area contributed by atoms with Crippen LogP contribution in [0.2, 0.25) is 0 Å². The molecule has 0 radical (unpaired) electrons. The summed E-state index contributed by atoms with van der Waals surface area (Å²) in [5, 5.41) is 9.23. The zero-order valence-electron chi connectivity index (χ0n) is 9.81. The van der Waals surface area contributed by atoms with Crippen molar-refractivity contribution in [1.29, 1.82) is 5.26 Å². The van der Waals surface area contributed by atoms with E-state index in [1.165, 1.54) is 11.8 Å². The summed E-state index contributed by atoms with van der Waals surface area (Å²) in [6.07, 6.45) is 1.89. The molecule has 0 saturated carbocycles. The minimum Gasteiger partial charge on any atom is -0.192 e. The van der Waals surface area contributed by atoms with Crippen LogP contribution in [0.25, 0.3) is 6.08 Å². The van der Waals surface area contributed by atoms with Crippen LogP contribution < -0.4 is 0 Å². The minimum atomic E-state index is 0.661. The van der Waals surface area contributed by atoms with E-state index in [0.29, 0.717) is 4.91 Å². The molecule has 4 heteroatoms. The third-order valence-corrected chi connectivity index (χ3v) is 4.53. The van der Waals surface area contributed by atoms with Gasteiger partial charge in [-0.2, -0.15) is 5.26 Å². The first-order chi connectivity index (χ1) is 9.19. The molecule has 0 N–H and O–H groups in total. The fourth-order valence-corrected chi connectivity index (χ4v) is 2.87. The third kappa shape index (κ3) is 4.24. The van der Waals surface area contributed by atoms with Gasteiger partial charge in [-0.3, -0.25) is 0 Å². The maximum Gasteiger partial charge on any atom is 0.106 e. The second kappa shape index (κ2) is 6.95. The van der Waals surface area contributed by atoms with Crippen molar-refractivity contribution < 1.29 is 0 Å². The van der Waals surface area contributed by atoms with E-state index in [2.05, 4.69) is 37.9 Å². The van der Waals surface area contributed by atoms with Gasteiger partial charge in [0.05, 0.1) is 4.91 Å². The standard InChI is InChI=1S/C15H9Br2NS/c16-12-5-7-13(8-6-12)19-14(10-18)9-11-3-1-2-4-15(11)17/h1-9H/b14-9-. The van der Waals surface area contributed by atoms with E-state index in [9.17, 15) is 5.26 Å². The maximum atomic E-state index is 9.23. The Kier molecular flexibility index (Phi) is 5.26. The van der Waals surface area contributed by atoms with Gasteiger partial charge in [-0.1, -0.05) is 61.8 Å². The third-order valence-electron chi connectivity index (χ3n) is 2.34. The van der Waals surface area contributed by atoms with Crippen molar-refractivity contribution in [1.82, 2.24) is 0 Å². The van der Waals surface area contributed by atoms with E-state index in [1.54, 1.807) is 0 Å². The van der Waals surface area contributed by atoms with Crippen LogP contribution in [0.4, 0.5) is 0 Å². The number of rotatable bonds is 3. The number of hydrogen-bond donors (Lipinski definition) is 0. The largest absolute Gasteiger partial charge is 0.192 e. The van der Waals surface area contributed by atoms with Gasteiger partial charge in [0.2, 0.25) is 0 Å². The molecule has 0 amide bonds. The molecule has 0 aliphatic rings. The predicted molar refractivity (Wildman–Crippen MR) is 87.7 cm³/mol. The number of benzene rings is 2. The van der Waals surface area contributed by atoms with E-state index in [1.807, 2.05) is 54.6 Å². The molecule has 2 aromatic carbocycles. The normalized spacial score (nSPS) is 11.1. The molecule has 1 nitrogen and oxygen atoms in total. The highest BCUT2D eigenvalue weighted by Crippen LogP contribution is 2.30. The SMILES string of the molecule is N#C/C(=C/c1ccccc1Br)Sc1ccc(Br)cc1. The number of hydrogen-bond acceptors (Lipinski definition) is 2. The summed E-state index contributed by atoms with van der Waals surface area (Å²) < 4.78 is 2.02. The highest BCUT2D eigenvalue weighted by molar-refractivity contribution is 9.10. The smallest absolute Gasteiger partial charge is 0.106 e. The Balaban J connectivity index is 2.24.